The molecule has 0 atom stereocenters. The van der Waals surface area contributed by atoms with E-state index in [1.807, 2.05) is 18.4 Å². The van der Waals surface area contributed by atoms with E-state index >= 15 is 0 Å². The van der Waals surface area contributed by atoms with E-state index in [1.54, 1.807) is 42.1 Å². The van der Waals surface area contributed by atoms with Gasteiger partial charge in [0.2, 0.25) is 0 Å². The molecule has 0 saturated heterocycles. The van der Waals surface area contributed by atoms with Crippen LogP contribution in [-0.4, -0.2) is 23.4 Å². The Kier molecular flexibility index (Phi) is 4.84. The van der Waals surface area contributed by atoms with Crippen LogP contribution in [0.3, 0.4) is 0 Å². The SMILES string of the molecule is CSc1ccc(NC(=O)Nc2ccccc2C(=O)O)cc1. The van der Waals surface area contributed by atoms with Crippen LogP contribution in [0.5, 0.6) is 0 Å². The van der Waals surface area contributed by atoms with Crippen molar-refractivity contribution >= 4 is 35.1 Å². The molecule has 0 fully saturated rings. The first-order valence-corrected chi connectivity index (χ1v) is 7.37. The quantitative estimate of drug-likeness (QED) is 0.752. The lowest BCUT2D eigenvalue weighted by molar-refractivity contribution is 0.0698. The lowest BCUT2D eigenvalue weighted by Crippen LogP contribution is -2.20. The molecule has 0 radical (unpaired) electrons. The smallest absolute Gasteiger partial charge is 0.337 e. The number of aromatic carboxylic acids is 1. The lowest BCUT2D eigenvalue weighted by Gasteiger charge is -2.10. The highest BCUT2D eigenvalue weighted by atomic mass is 32.2. The standard InChI is InChI=1S/C15H14N2O3S/c1-21-11-8-6-10(7-9-11)16-15(20)17-13-5-3-2-4-12(13)14(18)19/h2-9H,1H3,(H,18,19)(H2,16,17,20). The van der Waals surface area contributed by atoms with Gasteiger partial charge < -0.3 is 15.7 Å². The molecule has 5 nitrogen and oxygen atoms in total. The van der Waals surface area contributed by atoms with Crippen molar-refractivity contribution in [2.75, 3.05) is 16.9 Å². The molecule has 0 bridgehead atoms. The Labute approximate surface area is 126 Å². The summed E-state index contributed by atoms with van der Waals surface area (Å²) in [5, 5.41) is 14.2. The summed E-state index contributed by atoms with van der Waals surface area (Å²) in [6.07, 6.45) is 1.97. The summed E-state index contributed by atoms with van der Waals surface area (Å²) in [6, 6.07) is 13.1. The van der Waals surface area contributed by atoms with E-state index in [4.69, 9.17) is 5.11 Å². The van der Waals surface area contributed by atoms with Crippen molar-refractivity contribution in [1.29, 1.82) is 0 Å². The van der Waals surface area contributed by atoms with Crippen molar-refractivity contribution in [3.63, 3.8) is 0 Å². The lowest BCUT2D eigenvalue weighted by atomic mass is 10.2. The third-order valence-electron chi connectivity index (χ3n) is 2.75. The molecule has 6 heteroatoms. The van der Waals surface area contributed by atoms with Gasteiger partial charge in [-0.25, -0.2) is 9.59 Å². The van der Waals surface area contributed by atoms with E-state index in [2.05, 4.69) is 10.6 Å². The van der Waals surface area contributed by atoms with Gasteiger partial charge in [0, 0.05) is 10.6 Å². The van der Waals surface area contributed by atoms with Crippen LogP contribution in [0.25, 0.3) is 0 Å². The van der Waals surface area contributed by atoms with Gasteiger partial charge in [-0.2, -0.15) is 0 Å². The maximum absolute atomic E-state index is 11.9. The van der Waals surface area contributed by atoms with Crippen LogP contribution >= 0.6 is 11.8 Å². The number of carbonyl (C=O) groups excluding carboxylic acids is 1. The second-order valence-electron chi connectivity index (χ2n) is 4.16. The zero-order chi connectivity index (χ0) is 15.2. The number of amides is 2. The van der Waals surface area contributed by atoms with Gasteiger partial charge >= 0.3 is 12.0 Å². The van der Waals surface area contributed by atoms with E-state index in [9.17, 15) is 9.59 Å². The van der Waals surface area contributed by atoms with Gasteiger partial charge in [-0.1, -0.05) is 12.1 Å². The summed E-state index contributed by atoms with van der Waals surface area (Å²) in [5.41, 5.74) is 0.937. The second kappa shape index (κ2) is 6.81. The Bertz CT molecular complexity index is 656. The maximum Gasteiger partial charge on any atom is 0.337 e. The van der Waals surface area contributed by atoms with Crippen molar-refractivity contribution in [3.8, 4) is 0 Å². The molecule has 108 valence electrons. The summed E-state index contributed by atoms with van der Waals surface area (Å²) in [6.45, 7) is 0. The number of thioether (sulfide) groups is 1. The summed E-state index contributed by atoms with van der Waals surface area (Å²) >= 11 is 1.61. The Morgan fingerprint density at radius 3 is 2.29 bits per heavy atom. The van der Waals surface area contributed by atoms with Crippen LogP contribution in [0.15, 0.2) is 53.4 Å². The molecule has 3 N–H and O–H groups in total. The minimum Gasteiger partial charge on any atom is -0.478 e. The topological polar surface area (TPSA) is 78.4 Å². The average molecular weight is 302 g/mol. The number of carboxylic acids is 1. The van der Waals surface area contributed by atoms with Crippen LogP contribution in [0.1, 0.15) is 10.4 Å². The van der Waals surface area contributed by atoms with E-state index in [0.717, 1.165) is 4.90 Å². The van der Waals surface area contributed by atoms with E-state index in [1.165, 1.54) is 6.07 Å². The number of carboxylic acid groups (broad SMARTS) is 1. The third-order valence-corrected chi connectivity index (χ3v) is 3.50. The predicted molar refractivity (Wildman–Crippen MR) is 84.3 cm³/mol. The minimum absolute atomic E-state index is 0.0466. The normalized spacial score (nSPS) is 9.95. The van der Waals surface area contributed by atoms with Gasteiger partial charge in [0.15, 0.2) is 0 Å². The molecule has 0 aromatic heterocycles. The highest BCUT2D eigenvalue weighted by molar-refractivity contribution is 7.98. The molecule has 2 aromatic carbocycles. The minimum atomic E-state index is -1.09. The largest absolute Gasteiger partial charge is 0.478 e. The number of benzene rings is 2. The number of nitrogens with one attached hydrogen (secondary N) is 2. The molecule has 0 unspecified atom stereocenters. The summed E-state index contributed by atoms with van der Waals surface area (Å²) < 4.78 is 0. The number of anilines is 2. The first-order chi connectivity index (χ1) is 10.1. The average Bonchev–Trinajstić information content (AvgIpc) is 2.48. The van der Waals surface area contributed by atoms with E-state index < -0.39 is 12.0 Å². The molecular weight excluding hydrogens is 288 g/mol. The van der Waals surface area contributed by atoms with Gasteiger partial charge in [0.1, 0.15) is 0 Å². The summed E-state index contributed by atoms with van der Waals surface area (Å²) in [7, 11) is 0. The van der Waals surface area contributed by atoms with Crippen molar-refractivity contribution in [3.05, 3.63) is 54.1 Å². The molecule has 0 aliphatic carbocycles. The van der Waals surface area contributed by atoms with Crippen molar-refractivity contribution in [2.24, 2.45) is 0 Å². The zero-order valence-corrected chi connectivity index (χ0v) is 12.1. The number of urea groups is 1. The van der Waals surface area contributed by atoms with E-state index in [-0.39, 0.29) is 11.3 Å². The predicted octanol–water partition coefficient (Wildman–Crippen LogP) is 3.75. The molecule has 0 aliphatic rings. The molecule has 2 aromatic rings. The zero-order valence-electron chi connectivity index (χ0n) is 11.3. The Morgan fingerprint density at radius 1 is 1.00 bits per heavy atom. The Morgan fingerprint density at radius 2 is 1.67 bits per heavy atom. The summed E-state index contributed by atoms with van der Waals surface area (Å²) in [5.74, 6) is -1.09. The maximum atomic E-state index is 11.9. The monoisotopic (exact) mass is 302 g/mol. The molecule has 0 heterocycles. The van der Waals surface area contributed by atoms with Crippen LogP contribution < -0.4 is 10.6 Å². The summed E-state index contributed by atoms with van der Waals surface area (Å²) in [4.78, 5) is 24.0. The molecule has 0 spiro atoms. The number of hydrogen-bond acceptors (Lipinski definition) is 3. The number of rotatable bonds is 4. The molecule has 2 rings (SSSR count). The Balaban J connectivity index is 2.06. The van der Waals surface area contributed by atoms with Crippen LogP contribution in [-0.2, 0) is 0 Å². The van der Waals surface area contributed by atoms with Gasteiger partial charge in [-0.15, -0.1) is 11.8 Å². The van der Waals surface area contributed by atoms with Crippen molar-refractivity contribution in [1.82, 2.24) is 0 Å². The third kappa shape index (κ3) is 4.00. The fourth-order valence-corrected chi connectivity index (χ4v) is 2.15. The van der Waals surface area contributed by atoms with E-state index in [0.29, 0.717) is 5.69 Å². The molecule has 21 heavy (non-hydrogen) atoms. The Hall–Kier alpha value is -2.47. The molecule has 0 aliphatic heterocycles. The first kappa shape index (κ1) is 14.9. The molecule has 0 saturated carbocycles. The second-order valence-corrected chi connectivity index (χ2v) is 5.04. The highest BCUT2D eigenvalue weighted by Gasteiger charge is 2.11. The molecular formula is C15H14N2O3S. The number of hydrogen-bond donors (Lipinski definition) is 3. The van der Waals surface area contributed by atoms with Crippen LogP contribution in [0.2, 0.25) is 0 Å². The highest BCUT2D eigenvalue weighted by Crippen LogP contribution is 2.18. The van der Waals surface area contributed by atoms with Crippen LogP contribution in [0.4, 0.5) is 16.2 Å². The van der Waals surface area contributed by atoms with Gasteiger partial charge in [0.25, 0.3) is 0 Å². The van der Waals surface area contributed by atoms with Crippen molar-refractivity contribution < 1.29 is 14.7 Å². The fourth-order valence-electron chi connectivity index (χ4n) is 1.74. The molecule has 2 amide bonds. The fraction of sp³-hybridized carbons (Fsp3) is 0.0667. The number of para-hydroxylation sites is 1. The van der Waals surface area contributed by atoms with Crippen molar-refractivity contribution in [2.45, 2.75) is 4.90 Å². The van der Waals surface area contributed by atoms with Gasteiger partial charge in [0.05, 0.1) is 11.3 Å². The van der Waals surface area contributed by atoms with Gasteiger partial charge in [-0.3, -0.25) is 0 Å². The van der Waals surface area contributed by atoms with Crippen LogP contribution in [0, 0.1) is 0 Å². The first-order valence-electron chi connectivity index (χ1n) is 6.14. The van der Waals surface area contributed by atoms with Gasteiger partial charge in [-0.05, 0) is 42.7 Å². The number of carbonyl (C=O) groups is 2.